The van der Waals surface area contributed by atoms with Crippen molar-refractivity contribution in [1.82, 2.24) is 30.2 Å². The zero-order valence-electron chi connectivity index (χ0n) is 15.5. The van der Waals surface area contributed by atoms with Gasteiger partial charge in [0.1, 0.15) is 17.8 Å². The van der Waals surface area contributed by atoms with Crippen molar-refractivity contribution in [2.24, 2.45) is 5.92 Å². The van der Waals surface area contributed by atoms with Crippen molar-refractivity contribution in [3.8, 4) is 11.3 Å². The van der Waals surface area contributed by atoms with Crippen LogP contribution < -0.4 is 0 Å². The van der Waals surface area contributed by atoms with Crippen LogP contribution in [0.15, 0.2) is 29.2 Å². The molecule has 1 aliphatic rings. The summed E-state index contributed by atoms with van der Waals surface area (Å²) < 4.78 is 5.25. The molecule has 1 fully saturated rings. The number of amides is 1. The molecule has 4 rings (SSSR count). The molecule has 1 amide bonds. The number of aromatic nitrogens is 5. The highest BCUT2D eigenvalue weighted by Crippen LogP contribution is 2.27. The standard InChI is InChI=1S/C19H22N6O2/c1-12-18(13(2)27-24-12)17-10-15(20-11-21-17)9-14-4-7-25(8-5-14)19(26)16-3-6-22-23-16/h3,6,10-11,14H,4-5,7-9H2,1-2H3,(H,22,23). The van der Waals surface area contributed by atoms with E-state index in [1.807, 2.05) is 24.8 Å². The van der Waals surface area contributed by atoms with Crippen LogP contribution >= 0.6 is 0 Å². The van der Waals surface area contributed by atoms with Crippen LogP contribution in [0.4, 0.5) is 0 Å². The minimum absolute atomic E-state index is 0.0219. The Morgan fingerprint density at radius 3 is 2.78 bits per heavy atom. The lowest BCUT2D eigenvalue weighted by Crippen LogP contribution is -2.39. The van der Waals surface area contributed by atoms with Gasteiger partial charge in [0.15, 0.2) is 0 Å². The van der Waals surface area contributed by atoms with Crippen LogP contribution in [-0.2, 0) is 6.42 Å². The number of rotatable bonds is 4. The predicted molar refractivity (Wildman–Crippen MR) is 97.9 cm³/mol. The van der Waals surface area contributed by atoms with E-state index in [1.54, 1.807) is 18.6 Å². The zero-order chi connectivity index (χ0) is 18.8. The molecule has 0 atom stereocenters. The van der Waals surface area contributed by atoms with E-state index in [-0.39, 0.29) is 5.91 Å². The second kappa shape index (κ2) is 7.30. The average Bonchev–Trinajstić information content (AvgIpc) is 3.32. The molecule has 4 heterocycles. The van der Waals surface area contributed by atoms with Gasteiger partial charge in [-0.2, -0.15) is 5.10 Å². The Morgan fingerprint density at radius 1 is 1.30 bits per heavy atom. The van der Waals surface area contributed by atoms with E-state index in [2.05, 4.69) is 25.3 Å². The van der Waals surface area contributed by atoms with Crippen LogP contribution in [-0.4, -0.2) is 49.2 Å². The van der Waals surface area contributed by atoms with Crippen LogP contribution in [0.2, 0.25) is 0 Å². The van der Waals surface area contributed by atoms with Gasteiger partial charge in [0.2, 0.25) is 0 Å². The lowest BCUT2D eigenvalue weighted by Gasteiger charge is -2.31. The number of carbonyl (C=O) groups is 1. The molecule has 1 saturated heterocycles. The summed E-state index contributed by atoms with van der Waals surface area (Å²) >= 11 is 0. The lowest BCUT2D eigenvalue weighted by molar-refractivity contribution is 0.0684. The maximum absolute atomic E-state index is 12.4. The maximum Gasteiger partial charge on any atom is 0.271 e. The molecule has 0 unspecified atom stereocenters. The molecule has 0 aliphatic carbocycles. The molecule has 1 N–H and O–H groups in total. The van der Waals surface area contributed by atoms with Crippen molar-refractivity contribution in [2.45, 2.75) is 33.1 Å². The second-order valence-electron chi connectivity index (χ2n) is 7.00. The Balaban J connectivity index is 1.40. The summed E-state index contributed by atoms with van der Waals surface area (Å²) in [7, 11) is 0. The van der Waals surface area contributed by atoms with E-state index >= 15 is 0 Å². The Hall–Kier alpha value is -3.03. The highest BCUT2D eigenvalue weighted by molar-refractivity contribution is 5.92. The van der Waals surface area contributed by atoms with Gasteiger partial charge in [-0.3, -0.25) is 9.89 Å². The largest absolute Gasteiger partial charge is 0.361 e. The minimum Gasteiger partial charge on any atom is -0.361 e. The molecule has 0 radical (unpaired) electrons. The molecule has 0 aromatic carbocycles. The molecule has 0 bridgehead atoms. The van der Waals surface area contributed by atoms with Crippen molar-refractivity contribution in [2.75, 3.05) is 13.1 Å². The fourth-order valence-corrected chi connectivity index (χ4v) is 3.68. The monoisotopic (exact) mass is 366 g/mol. The van der Waals surface area contributed by atoms with Crippen molar-refractivity contribution >= 4 is 5.91 Å². The summed E-state index contributed by atoms with van der Waals surface area (Å²) in [5, 5.41) is 10.6. The number of piperidine rings is 1. The van der Waals surface area contributed by atoms with E-state index < -0.39 is 0 Å². The fraction of sp³-hybridized carbons (Fsp3) is 0.421. The highest BCUT2D eigenvalue weighted by atomic mass is 16.5. The smallest absolute Gasteiger partial charge is 0.271 e. The van der Waals surface area contributed by atoms with Gasteiger partial charge in [-0.15, -0.1) is 0 Å². The van der Waals surface area contributed by atoms with Crippen LogP contribution in [0.25, 0.3) is 11.3 Å². The number of carbonyl (C=O) groups excluding carboxylic acids is 1. The SMILES string of the molecule is Cc1noc(C)c1-c1cc(CC2CCN(C(=O)c3ccn[nH]3)CC2)ncn1. The fourth-order valence-electron chi connectivity index (χ4n) is 3.68. The number of aryl methyl sites for hydroxylation is 2. The van der Waals surface area contributed by atoms with Gasteiger partial charge in [-0.25, -0.2) is 9.97 Å². The zero-order valence-corrected chi connectivity index (χ0v) is 15.5. The van der Waals surface area contributed by atoms with Gasteiger partial charge in [0.25, 0.3) is 5.91 Å². The van der Waals surface area contributed by atoms with Crippen molar-refractivity contribution in [3.05, 3.63) is 47.5 Å². The Labute approximate surface area is 157 Å². The van der Waals surface area contributed by atoms with Crippen LogP contribution in [0.5, 0.6) is 0 Å². The second-order valence-corrected chi connectivity index (χ2v) is 7.00. The molecular weight excluding hydrogens is 344 g/mol. The van der Waals surface area contributed by atoms with E-state index in [0.717, 1.165) is 60.8 Å². The lowest BCUT2D eigenvalue weighted by atomic mass is 9.91. The number of hydrogen-bond acceptors (Lipinski definition) is 6. The number of hydrogen-bond donors (Lipinski definition) is 1. The Kier molecular flexibility index (Phi) is 4.70. The highest BCUT2D eigenvalue weighted by Gasteiger charge is 2.25. The third-order valence-corrected chi connectivity index (χ3v) is 5.14. The Morgan fingerprint density at radius 2 is 2.11 bits per heavy atom. The number of nitrogens with one attached hydrogen (secondary N) is 1. The van der Waals surface area contributed by atoms with E-state index in [1.165, 1.54) is 0 Å². The summed E-state index contributed by atoms with van der Waals surface area (Å²) in [4.78, 5) is 23.1. The molecule has 27 heavy (non-hydrogen) atoms. The molecule has 0 saturated carbocycles. The molecule has 1 aliphatic heterocycles. The quantitative estimate of drug-likeness (QED) is 0.761. The number of likely N-dealkylation sites (tertiary alicyclic amines) is 1. The topological polar surface area (TPSA) is 101 Å². The molecular formula is C19H22N6O2. The average molecular weight is 366 g/mol. The van der Waals surface area contributed by atoms with Crippen LogP contribution in [0.3, 0.4) is 0 Å². The molecule has 140 valence electrons. The van der Waals surface area contributed by atoms with Crippen molar-refractivity contribution in [3.63, 3.8) is 0 Å². The van der Waals surface area contributed by atoms with Crippen LogP contribution in [0.1, 0.15) is 40.5 Å². The van der Waals surface area contributed by atoms with E-state index in [0.29, 0.717) is 11.6 Å². The molecule has 8 heteroatoms. The first-order valence-corrected chi connectivity index (χ1v) is 9.14. The molecule has 0 spiro atoms. The van der Waals surface area contributed by atoms with Crippen molar-refractivity contribution < 1.29 is 9.32 Å². The number of H-pyrrole nitrogens is 1. The van der Waals surface area contributed by atoms with E-state index in [4.69, 9.17) is 4.52 Å². The summed E-state index contributed by atoms with van der Waals surface area (Å²) in [6.07, 6.45) is 6.01. The molecule has 3 aromatic rings. The van der Waals surface area contributed by atoms with Crippen LogP contribution in [0, 0.1) is 19.8 Å². The summed E-state index contributed by atoms with van der Waals surface area (Å²) in [6.45, 7) is 5.32. The van der Waals surface area contributed by atoms with Gasteiger partial charge >= 0.3 is 0 Å². The van der Waals surface area contributed by atoms with Crippen molar-refractivity contribution in [1.29, 1.82) is 0 Å². The first kappa shape index (κ1) is 17.4. The van der Waals surface area contributed by atoms with Gasteiger partial charge in [-0.1, -0.05) is 5.16 Å². The first-order chi connectivity index (χ1) is 13.1. The number of nitrogens with zero attached hydrogens (tertiary/aromatic N) is 5. The third-order valence-electron chi connectivity index (χ3n) is 5.14. The summed E-state index contributed by atoms with van der Waals surface area (Å²) in [5.74, 6) is 1.29. The molecule has 3 aromatic heterocycles. The van der Waals surface area contributed by atoms with Gasteiger partial charge < -0.3 is 9.42 Å². The maximum atomic E-state index is 12.4. The molecule has 8 nitrogen and oxygen atoms in total. The summed E-state index contributed by atoms with van der Waals surface area (Å²) in [6, 6.07) is 3.74. The van der Waals surface area contributed by atoms with Gasteiger partial charge in [0.05, 0.1) is 17.0 Å². The minimum atomic E-state index is 0.0219. The van der Waals surface area contributed by atoms with E-state index in [9.17, 15) is 4.79 Å². The first-order valence-electron chi connectivity index (χ1n) is 9.14. The predicted octanol–water partition coefficient (Wildman–Crippen LogP) is 2.57. The number of aromatic amines is 1. The van der Waals surface area contributed by atoms with Gasteiger partial charge in [-0.05, 0) is 51.2 Å². The Bertz CT molecular complexity index is 906. The van der Waals surface area contributed by atoms with Gasteiger partial charge in [0, 0.05) is 25.0 Å². The third kappa shape index (κ3) is 3.60. The summed E-state index contributed by atoms with van der Waals surface area (Å²) in [5.41, 5.74) is 4.19. The normalized spacial score (nSPS) is 15.3.